The Kier molecular flexibility index (Phi) is 6.57. The van der Waals surface area contributed by atoms with Crippen LogP contribution in [0.15, 0.2) is 59.7 Å². The molecule has 0 atom stereocenters. The summed E-state index contributed by atoms with van der Waals surface area (Å²) in [5, 5.41) is 19.5. The molecule has 0 unspecified atom stereocenters. The van der Waals surface area contributed by atoms with Crippen LogP contribution in [-0.4, -0.2) is 58.0 Å². The van der Waals surface area contributed by atoms with Crippen molar-refractivity contribution >= 4 is 24.0 Å². The second-order valence-corrected chi connectivity index (χ2v) is 7.17. The molecule has 0 spiro atoms. The van der Waals surface area contributed by atoms with Gasteiger partial charge in [-0.05, 0) is 61.4 Å². The van der Waals surface area contributed by atoms with E-state index in [1.165, 1.54) is 0 Å². The molecule has 1 aliphatic rings. The van der Waals surface area contributed by atoms with Gasteiger partial charge in [-0.15, -0.1) is 0 Å². The predicted octanol–water partition coefficient (Wildman–Crippen LogP) is 3.91. The maximum atomic E-state index is 13.2. The van der Waals surface area contributed by atoms with E-state index in [4.69, 9.17) is 0 Å². The van der Waals surface area contributed by atoms with Gasteiger partial charge in [0, 0.05) is 24.2 Å². The van der Waals surface area contributed by atoms with Crippen molar-refractivity contribution in [1.82, 2.24) is 9.80 Å². The van der Waals surface area contributed by atoms with Crippen LogP contribution in [0.5, 0.6) is 11.5 Å². The average molecular weight is 406 g/mol. The molecule has 1 fully saturated rings. The molecular formula is C24H26N2O4. The fourth-order valence-corrected chi connectivity index (χ4v) is 3.50. The maximum Gasteiger partial charge on any atom is 0.320 e. The third-order valence-electron chi connectivity index (χ3n) is 5.03. The lowest BCUT2D eigenvalue weighted by molar-refractivity contribution is -0.113. The Morgan fingerprint density at radius 3 is 1.80 bits per heavy atom. The van der Waals surface area contributed by atoms with E-state index in [0.29, 0.717) is 35.4 Å². The van der Waals surface area contributed by atoms with Crippen LogP contribution in [0.4, 0.5) is 4.79 Å². The highest BCUT2D eigenvalue weighted by Crippen LogP contribution is 2.25. The van der Waals surface area contributed by atoms with Crippen molar-refractivity contribution in [3.8, 4) is 11.5 Å². The summed E-state index contributed by atoms with van der Waals surface area (Å²) in [4.78, 5) is 29.5. The summed E-state index contributed by atoms with van der Waals surface area (Å²) in [5.41, 5.74) is 2.32. The molecule has 0 radical (unpaired) electrons. The molecule has 0 saturated carbocycles. The number of piperidine rings is 1. The van der Waals surface area contributed by atoms with Gasteiger partial charge in [0.25, 0.3) is 0 Å². The summed E-state index contributed by atoms with van der Waals surface area (Å²) in [7, 11) is 0. The molecule has 6 heteroatoms. The Morgan fingerprint density at radius 1 is 0.933 bits per heavy atom. The fourth-order valence-electron chi connectivity index (χ4n) is 3.50. The number of amides is 2. The van der Waals surface area contributed by atoms with E-state index < -0.39 is 0 Å². The van der Waals surface area contributed by atoms with E-state index in [1.807, 2.05) is 13.8 Å². The first-order valence-electron chi connectivity index (χ1n) is 9.99. The number of benzene rings is 2. The molecule has 0 aliphatic carbocycles. The molecule has 156 valence electrons. The molecule has 3 rings (SSSR count). The number of nitrogens with zero attached hydrogens (tertiary/aromatic N) is 2. The highest BCUT2D eigenvalue weighted by atomic mass is 16.3. The van der Waals surface area contributed by atoms with Gasteiger partial charge < -0.3 is 20.0 Å². The zero-order valence-electron chi connectivity index (χ0n) is 17.2. The van der Waals surface area contributed by atoms with E-state index in [0.717, 1.165) is 0 Å². The van der Waals surface area contributed by atoms with E-state index in [1.54, 1.807) is 70.5 Å². The number of carbonyl (C=O) groups excluding carboxylic acids is 2. The summed E-state index contributed by atoms with van der Waals surface area (Å²) in [5.74, 6) is 0.0729. The van der Waals surface area contributed by atoms with Gasteiger partial charge in [-0.3, -0.25) is 4.79 Å². The van der Waals surface area contributed by atoms with Gasteiger partial charge in [-0.2, -0.15) is 0 Å². The lowest BCUT2D eigenvalue weighted by Gasteiger charge is -2.34. The standard InChI is InChI=1S/C24H26N2O4/c1-3-25(4-2)24(30)26-15-19(11-17-7-5-9-21(27)13-17)23(29)20(16-26)12-18-8-6-10-22(28)14-18/h5-14,27-28H,3-4,15-16H2,1-2H3/b19-11+,20-12+. The topological polar surface area (TPSA) is 81.1 Å². The van der Waals surface area contributed by atoms with Crippen molar-refractivity contribution in [1.29, 1.82) is 0 Å². The Hall–Kier alpha value is -3.54. The van der Waals surface area contributed by atoms with Gasteiger partial charge in [0.15, 0.2) is 5.78 Å². The van der Waals surface area contributed by atoms with Crippen LogP contribution < -0.4 is 0 Å². The molecule has 2 aromatic rings. The molecule has 6 nitrogen and oxygen atoms in total. The fraction of sp³-hybridized carbons (Fsp3) is 0.250. The van der Waals surface area contributed by atoms with Crippen molar-refractivity contribution < 1.29 is 19.8 Å². The predicted molar refractivity (Wildman–Crippen MR) is 117 cm³/mol. The molecule has 2 N–H and O–H groups in total. The number of phenolic OH excluding ortho intramolecular Hbond substituents is 2. The Balaban J connectivity index is 2.01. The minimum Gasteiger partial charge on any atom is -0.508 e. The van der Waals surface area contributed by atoms with E-state index in [2.05, 4.69) is 0 Å². The lowest BCUT2D eigenvalue weighted by Crippen LogP contribution is -2.48. The molecule has 2 aromatic carbocycles. The Labute approximate surface area is 176 Å². The second kappa shape index (κ2) is 9.31. The van der Waals surface area contributed by atoms with Crippen molar-refractivity contribution in [2.24, 2.45) is 0 Å². The molecule has 0 aromatic heterocycles. The van der Waals surface area contributed by atoms with Gasteiger partial charge in [0.05, 0.1) is 13.1 Å². The number of hydrogen-bond acceptors (Lipinski definition) is 4. The van der Waals surface area contributed by atoms with Crippen LogP contribution in [0, 0.1) is 0 Å². The molecule has 0 bridgehead atoms. The van der Waals surface area contributed by atoms with Gasteiger partial charge >= 0.3 is 6.03 Å². The van der Waals surface area contributed by atoms with Crippen LogP contribution >= 0.6 is 0 Å². The van der Waals surface area contributed by atoms with E-state index in [-0.39, 0.29) is 36.4 Å². The van der Waals surface area contributed by atoms with Gasteiger partial charge in [0.1, 0.15) is 11.5 Å². The van der Waals surface area contributed by atoms with Crippen LogP contribution in [0.25, 0.3) is 12.2 Å². The average Bonchev–Trinajstić information content (AvgIpc) is 2.71. The first-order valence-corrected chi connectivity index (χ1v) is 9.99. The zero-order valence-corrected chi connectivity index (χ0v) is 17.2. The molecule has 1 saturated heterocycles. The number of likely N-dealkylation sites (tertiary alicyclic amines) is 1. The second-order valence-electron chi connectivity index (χ2n) is 7.17. The van der Waals surface area contributed by atoms with Gasteiger partial charge in [-0.1, -0.05) is 24.3 Å². The van der Waals surface area contributed by atoms with Gasteiger partial charge in [0.2, 0.25) is 0 Å². The molecule has 1 heterocycles. The molecule has 1 aliphatic heterocycles. The van der Waals surface area contributed by atoms with Crippen LogP contribution in [0.3, 0.4) is 0 Å². The number of urea groups is 1. The van der Waals surface area contributed by atoms with E-state index in [9.17, 15) is 19.8 Å². The maximum absolute atomic E-state index is 13.2. The van der Waals surface area contributed by atoms with Crippen LogP contribution in [0.2, 0.25) is 0 Å². The van der Waals surface area contributed by atoms with Crippen molar-refractivity contribution in [2.45, 2.75) is 13.8 Å². The van der Waals surface area contributed by atoms with Crippen LogP contribution in [-0.2, 0) is 4.79 Å². The number of ketones is 1. The van der Waals surface area contributed by atoms with Crippen molar-refractivity contribution in [2.75, 3.05) is 26.2 Å². The largest absolute Gasteiger partial charge is 0.508 e. The van der Waals surface area contributed by atoms with E-state index >= 15 is 0 Å². The Morgan fingerprint density at radius 2 is 1.40 bits per heavy atom. The normalized spacial score (nSPS) is 16.9. The Bertz CT molecular complexity index is 938. The number of rotatable bonds is 4. The number of hydrogen-bond donors (Lipinski definition) is 2. The van der Waals surface area contributed by atoms with Crippen LogP contribution in [0.1, 0.15) is 25.0 Å². The quantitative estimate of drug-likeness (QED) is 0.755. The summed E-state index contributed by atoms with van der Waals surface area (Å²) < 4.78 is 0. The number of aromatic hydroxyl groups is 2. The number of phenols is 2. The monoisotopic (exact) mass is 406 g/mol. The summed E-state index contributed by atoms with van der Waals surface area (Å²) >= 11 is 0. The molecule has 30 heavy (non-hydrogen) atoms. The summed E-state index contributed by atoms with van der Waals surface area (Å²) in [6, 6.07) is 13.1. The summed E-state index contributed by atoms with van der Waals surface area (Å²) in [6.07, 6.45) is 3.42. The van der Waals surface area contributed by atoms with Crippen molar-refractivity contribution in [3.05, 3.63) is 70.8 Å². The first kappa shape index (κ1) is 21.2. The summed E-state index contributed by atoms with van der Waals surface area (Å²) in [6.45, 7) is 5.39. The minimum atomic E-state index is -0.148. The smallest absolute Gasteiger partial charge is 0.320 e. The molecule has 2 amide bonds. The highest BCUT2D eigenvalue weighted by molar-refractivity contribution is 6.15. The minimum absolute atomic E-state index is 0.110. The number of carbonyl (C=O) groups is 2. The number of Topliss-reactive ketones (excluding diaryl/α,β-unsaturated/α-hetero) is 1. The third-order valence-corrected chi connectivity index (χ3v) is 5.03. The SMILES string of the molecule is CCN(CC)C(=O)N1C/C(=C\c2cccc(O)c2)C(=O)/C(=C/c2cccc(O)c2)C1. The molecular weight excluding hydrogens is 380 g/mol. The zero-order chi connectivity index (χ0) is 21.7. The lowest BCUT2D eigenvalue weighted by atomic mass is 9.94. The van der Waals surface area contributed by atoms with Crippen molar-refractivity contribution in [3.63, 3.8) is 0 Å². The third kappa shape index (κ3) is 4.89. The first-order chi connectivity index (χ1) is 14.4. The highest BCUT2D eigenvalue weighted by Gasteiger charge is 2.30. The van der Waals surface area contributed by atoms with Gasteiger partial charge in [-0.25, -0.2) is 4.79 Å².